The van der Waals surface area contributed by atoms with Gasteiger partial charge in [-0.3, -0.25) is 4.79 Å². The van der Waals surface area contributed by atoms with Gasteiger partial charge >= 0.3 is 0 Å². The van der Waals surface area contributed by atoms with Crippen LogP contribution in [-0.4, -0.2) is 37.9 Å². The molecule has 1 atom stereocenters. The number of rotatable bonds is 5. The summed E-state index contributed by atoms with van der Waals surface area (Å²) < 4.78 is 5.16. The fourth-order valence-corrected chi connectivity index (χ4v) is 2.84. The lowest BCUT2D eigenvalue weighted by Gasteiger charge is -2.23. The molecule has 5 heteroatoms. The lowest BCUT2D eigenvalue weighted by Crippen LogP contribution is -2.46. The molecule has 1 unspecified atom stereocenters. The van der Waals surface area contributed by atoms with E-state index in [0.717, 1.165) is 36.6 Å². The Morgan fingerprint density at radius 1 is 1.58 bits per heavy atom. The van der Waals surface area contributed by atoms with E-state index in [1.807, 2.05) is 24.3 Å². The van der Waals surface area contributed by atoms with E-state index in [0.29, 0.717) is 5.75 Å². The fraction of sp³-hybridized carbons (Fsp3) is 0.500. The number of thioether (sulfide) groups is 1. The second-order valence-electron chi connectivity index (χ2n) is 4.58. The number of carbonyl (C=O) groups excluding carboxylic acids is 1. The first-order valence-electron chi connectivity index (χ1n) is 6.55. The molecule has 0 bridgehead atoms. The zero-order chi connectivity index (χ0) is 13.5. The summed E-state index contributed by atoms with van der Waals surface area (Å²) in [6.45, 7) is 1.94. The minimum atomic E-state index is 0.0986. The fourth-order valence-electron chi connectivity index (χ4n) is 2.08. The standard InChI is InChI=1S/C14H20N2O2S/c1-18-12-5-2-6-13(8-12)19-10-14(17)16-11-4-3-7-15-9-11/h2,5-6,8,11,15H,3-4,7,9-10H2,1H3,(H,16,17). The second-order valence-corrected chi connectivity index (χ2v) is 5.63. The van der Waals surface area contributed by atoms with Crippen LogP contribution in [0.15, 0.2) is 29.2 Å². The van der Waals surface area contributed by atoms with E-state index in [4.69, 9.17) is 4.74 Å². The largest absolute Gasteiger partial charge is 0.497 e. The quantitative estimate of drug-likeness (QED) is 0.805. The van der Waals surface area contributed by atoms with Gasteiger partial charge in [-0.15, -0.1) is 11.8 Å². The van der Waals surface area contributed by atoms with Crippen LogP contribution in [0.25, 0.3) is 0 Å². The monoisotopic (exact) mass is 280 g/mol. The second kappa shape index (κ2) is 7.40. The zero-order valence-electron chi connectivity index (χ0n) is 11.1. The van der Waals surface area contributed by atoms with Crippen LogP contribution in [0.2, 0.25) is 0 Å². The zero-order valence-corrected chi connectivity index (χ0v) is 12.0. The first-order chi connectivity index (χ1) is 9.28. The first-order valence-corrected chi connectivity index (χ1v) is 7.53. The predicted molar refractivity (Wildman–Crippen MR) is 77.8 cm³/mol. The molecule has 1 aromatic carbocycles. The molecule has 1 saturated heterocycles. The van der Waals surface area contributed by atoms with E-state index in [-0.39, 0.29) is 11.9 Å². The Hall–Kier alpha value is -1.20. The third-order valence-corrected chi connectivity index (χ3v) is 4.07. The Bertz CT molecular complexity index is 420. The summed E-state index contributed by atoms with van der Waals surface area (Å²) in [5, 5.41) is 6.36. The average molecular weight is 280 g/mol. The molecule has 1 aromatic rings. The minimum absolute atomic E-state index is 0.0986. The van der Waals surface area contributed by atoms with Gasteiger partial charge in [-0.05, 0) is 37.6 Å². The van der Waals surface area contributed by atoms with E-state index >= 15 is 0 Å². The summed E-state index contributed by atoms with van der Waals surface area (Å²) in [5.41, 5.74) is 0. The highest BCUT2D eigenvalue weighted by atomic mass is 32.2. The molecule has 0 aliphatic carbocycles. The van der Waals surface area contributed by atoms with E-state index in [1.54, 1.807) is 7.11 Å². The van der Waals surface area contributed by atoms with Crippen LogP contribution in [-0.2, 0) is 4.79 Å². The maximum Gasteiger partial charge on any atom is 0.230 e. The highest BCUT2D eigenvalue weighted by molar-refractivity contribution is 8.00. The van der Waals surface area contributed by atoms with Crippen molar-refractivity contribution < 1.29 is 9.53 Å². The van der Waals surface area contributed by atoms with Gasteiger partial charge in [-0.25, -0.2) is 0 Å². The molecule has 1 aliphatic heterocycles. The van der Waals surface area contributed by atoms with Crippen molar-refractivity contribution in [2.24, 2.45) is 0 Å². The summed E-state index contributed by atoms with van der Waals surface area (Å²) in [6.07, 6.45) is 2.20. The number of hydrogen-bond acceptors (Lipinski definition) is 4. The van der Waals surface area contributed by atoms with Crippen molar-refractivity contribution in [3.05, 3.63) is 24.3 Å². The Balaban J connectivity index is 1.76. The molecule has 1 aliphatic rings. The Morgan fingerprint density at radius 3 is 3.21 bits per heavy atom. The van der Waals surface area contributed by atoms with E-state index in [1.165, 1.54) is 11.8 Å². The van der Waals surface area contributed by atoms with Crippen LogP contribution in [0.4, 0.5) is 0 Å². The first kappa shape index (κ1) is 14.2. The average Bonchev–Trinajstić information content (AvgIpc) is 2.46. The van der Waals surface area contributed by atoms with Crippen molar-refractivity contribution in [1.29, 1.82) is 0 Å². The van der Waals surface area contributed by atoms with E-state index in [2.05, 4.69) is 10.6 Å². The Morgan fingerprint density at radius 2 is 2.47 bits per heavy atom. The number of nitrogens with one attached hydrogen (secondary N) is 2. The topological polar surface area (TPSA) is 50.4 Å². The normalized spacial score (nSPS) is 18.9. The van der Waals surface area contributed by atoms with Crippen LogP contribution < -0.4 is 15.4 Å². The summed E-state index contributed by atoms with van der Waals surface area (Å²) in [5.74, 6) is 1.37. The van der Waals surface area contributed by atoms with Crippen LogP contribution in [0.5, 0.6) is 5.75 Å². The Labute approximate surface area is 118 Å². The molecule has 1 fully saturated rings. The van der Waals surface area contributed by atoms with E-state index in [9.17, 15) is 4.79 Å². The molecular weight excluding hydrogens is 260 g/mol. The van der Waals surface area contributed by atoms with E-state index < -0.39 is 0 Å². The lowest BCUT2D eigenvalue weighted by atomic mass is 10.1. The van der Waals surface area contributed by atoms with Gasteiger partial charge in [0, 0.05) is 17.5 Å². The van der Waals surface area contributed by atoms with Gasteiger partial charge in [0.05, 0.1) is 12.9 Å². The van der Waals surface area contributed by atoms with Gasteiger partial charge in [0.2, 0.25) is 5.91 Å². The number of hydrogen-bond donors (Lipinski definition) is 2. The molecule has 0 spiro atoms. The lowest BCUT2D eigenvalue weighted by molar-refractivity contribution is -0.119. The van der Waals surface area contributed by atoms with Gasteiger partial charge < -0.3 is 15.4 Å². The SMILES string of the molecule is COc1cccc(SCC(=O)NC2CCCNC2)c1. The molecule has 1 heterocycles. The molecule has 19 heavy (non-hydrogen) atoms. The highest BCUT2D eigenvalue weighted by Crippen LogP contribution is 2.22. The van der Waals surface area contributed by atoms with Gasteiger partial charge in [0.1, 0.15) is 5.75 Å². The number of methoxy groups -OCH3 is 1. The molecule has 2 rings (SSSR count). The molecule has 104 valence electrons. The van der Waals surface area contributed by atoms with Crippen LogP contribution in [0.1, 0.15) is 12.8 Å². The smallest absolute Gasteiger partial charge is 0.230 e. The van der Waals surface area contributed by atoms with Crippen LogP contribution in [0.3, 0.4) is 0 Å². The number of carbonyl (C=O) groups is 1. The molecule has 0 radical (unpaired) electrons. The number of ether oxygens (including phenoxy) is 1. The number of piperidine rings is 1. The van der Waals surface area contributed by atoms with Crippen LogP contribution in [0, 0.1) is 0 Å². The summed E-state index contributed by atoms with van der Waals surface area (Å²) >= 11 is 1.53. The molecule has 1 amide bonds. The van der Waals surface area contributed by atoms with Crippen LogP contribution >= 0.6 is 11.8 Å². The van der Waals surface area contributed by atoms with Gasteiger partial charge in [0.15, 0.2) is 0 Å². The van der Waals surface area contributed by atoms with Gasteiger partial charge in [0.25, 0.3) is 0 Å². The minimum Gasteiger partial charge on any atom is -0.497 e. The molecule has 0 saturated carbocycles. The molecule has 0 aromatic heterocycles. The van der Waals surface area contributed by atoms with Crippen molar-refractivity contribution in [2.75, 3.05) is 26.0 Å². The maximum absolute atomic E-state index is 11.8. The summed E-state index contributed by atoms with van der Waals surface area (Å²) in [7, 11) is 1.65. The highest BCUT2D eigenvalue weighted by Gasteiger charge is 2.15. The number of benzene rings is 1. The third kappa shape index (κ3) is 4.76. The van der Waals surface area contributed by atoms with Crippen molar-refractivity contribution in [3.8, 4) is 5.75 Å². The maximum atomic E-state index is 11.8. The van der Waals surface area contributed by atoms with Crippen molar-refractivity contribution >= 4 is 17.7 Å². The Kier molecular flexibility index (Phi) is 5.54. The van der Waals surface area contributed by atoms with Crippen molar-refractivity contribution in [1.82, 2.24) is 10.6 Å². The predicted octanol–water partition coefficient (Wildman–Crippen LogP) is 1.66. The van der Waals surface area contributed by atoms with Crippen molar-refractivity contribution in [2.45, 2.75) is 23.8 Å². The summed E-state index contributed by atoms with van der Waals surface area (Å²) in [4.78, 5) is 12.9. The van der Waals surface area contributed by atoms with Gasteiger partial charge in [-0.1, -0.05) is 6.07 Å². The molecule has 4 nitrogen and oxygen atoms in total. The van der Waals surface area contributed by atoms with Crippen molar-refractivity contribution in [3.63, 3.8) is 0 Å². The molecular formula is C14H20N2O2S. The summed E-state index contributed by atoms with van der Waals surface area (Å²) in [6, 6.07) is 8.05. The number of amides is 1. The molecule has 2 N–H and O–H groups in total. The third-order valence-electron chi connectivity index (χ3n) is 3.07. The van der Waals surface area contributed by atoms with Gasteiger partial charge in [-0.2, -0.15) is 0 Å².